The molecule has 0 spiro atoms. The minimum absolute atomic E-state index is 0.147. The number of esters is 1. The van der Waals surface area contributed by atoms with Gasteiger partial charge in [0.1, 0.15) is 0 Å². The maximum absolute atomic E-state index is 11.7. The van der Waals surface area contributed by atoms with Crippen molar-refractivity contribution in [3.63, 3.8) is 0 Å². The van der Waals surface area contributed by atoms with Crippen LogP contribution in [0.3, 0.4) is 0 Å². The molecule has 0 aliphatic heterocycles. The van der Waals surface area contributed by atoms with Crippen molar-refractivity contribution >= 4 is 28.6 Å². The molecule has 26 heavy (non-hydrogen) atoms. The van der Waals surface area contributed by atoms with E-state index in [4.69, 9.17) is 4.74 Å². The van der Waals surface area contributed by atoms with E-state index < -0.39 is 0 Å². The largest absolute Gasteiger partial charge is 0.466 e. The van der Waals surface area contributed by atoms with Gasteiger partial charge in [0.2, 0.25) is 0 Å². The predicted octanol–water partition coefficient (Wildman–Crippen LogP) is 0.977. The minimum Gasteiger partial charge on any atom is -0.466 e. The lowest BCUT2D eigenvalue weighted by Gasteiger charge is -2.09. The highest BCUT2D eigenvalue weighted by Gasteiger charge is 2.06. The Hall–Kier alpha value is -3.10. The Balaban J connectivity index is 1.67. The quantitative estimate of drug-likeness (QED) is 0.390. The van der Waals surface area contributed by atoms with E-state index >= 15 is 0 Å². The van der Waals surface area contributed by atoms with Crippen molar-refractivity contribution in [2.75, 3.05) is 31.6 Å². The van der Waals surface area contributed by atoms with Gasteiger partial charge in [-0.05, 0) is 19.4 Å². The summed E-state index contributed by atoms with van der Waals surface area (Å²) in [6.07, 6.45) is 0.814. The molecule has 140 valence electrons. The average molecular weight is 361 g/mol. The molecule has 9 heteroatoms. The summed E-state index contributed by atoms with van der Waals surface area (Å²) in [5, 5.41) is 16.2. The number of fused-ring (bicyclic) bond motifs is 1. The van der Waals surface area contributed by atoms with Gasteiger partial charge in [-0.2, -0.15) is 5.10 Å². The molecule has 0 aliphatic carbocycles. The number of urea groups is 1. The number of hydrogen-bond donors (Lipinski definition) is 4. The van der Waals surface area contributed by atoms with Gasteiger partial charge in [-0.15, -0.1) is 0 Å². The van der Waals surface area contributed by atoms with E-state index in [0.717, 1.165) is 5.39 Å². The molecule has 1 aromatic heterocycles. The summed E-state index contributed by atoms with van der Waals surface area (Å²) in [7, 11) is 0. The average Bonchev–Trinajstić information content (AvgIpc) is 2.63. The Bertz CT molecular complexity index is 805. The summed E-state index contributed by atoms with van der Waals surface area (Å²) in [6, 6.07) is 6.88. The Morgan fingerprint density at radius 1 is 1.12 bits per heavy atom. The zero-order valence-electron chi connectivity index (χ0n) is 14.6. The standard InChI is InChI=1S/C17H23N5O4/c1-2-26-14(23)8-11-20-17(25)19-10-5-9-18-15-12-6-3-4-7-13(12)16(24)22-21-15/h3-4,6-7H,2,5,8-11H2,1H3,(H,18,21)(H,22,24)(H2,19,20,25). The predicted molar refractivity (Wildman–Crippen MR) is 98.1 cm³/mol. The van der Waals surface area contributed by atoms with Crippen LogP contribution in [0, 0.1) is 0 Å². The Morgan fingerprint density at radius 3 is 2.62 bits per heavy atom. The summed E-state index contributed by atoms with van der Waals surface area (Å²) in [5.74, 6) is 0.261. The molecule has 0 bridgehead atoms. The van der Waals surface area contributed by atoms with E-state index in [1.807, 2.05) is 12.1 Å². The van der Waals surface area contributed by atoms with Crippen LogP contribution < -0.4 is 21.5 Å². The number of rotatable bonds is 9. The fourth-order valence-electron chi connectivity index (χ4n) is 2.32. The fourth-order valence-corrected chi connectivity index (χ4v) is 2.32. The third-order valence-electron chi connectivity index (χ3n) is 3.55. The number of carbonyl (C=O) groups excluding carboxylic acids is 2. The number of aromatic amines is 1. The van der Waals surface area contributed by atoms with Crippen molar-refractivity contribution in [1.82, 2.24) is 20.8 Å². The number of amides is 2. The molecular weight excluding hydrogens is 338 g/mol. The number of nitrogens with one attached hydrogen (secondary N) is 4. The molecule has 0 atom stereocenters. The van der Waals surface area contributed by atoms with Crippen LogP contribution in [-0.4, -0.2) is 48.4 Å². The van der Waals surface area contributed by atoms with E-state index in [9.17, 15) is 14.4 Å². The molecule has 0 radical (unpaired) electrons. The zero-order valence-corrected chi connectivity index (χ0v) is 14.6. The van der Waals surface area contributed by atoms with E-state index in [1.54, 1.807) is 19.1 Å². The van der Waals surface area contributed by atoms with Gasteiger partial charge in [-0.3, -0.25) is 9.59 Å². The van der Waals surface area contributed by atoms with Crippen LogP contribution in [0.15, 0.2) is 29.1 Å². The first-order chi connectivity index (χ1) is 12.6. The molecule has 1 aromatic carbocycles. The van der Waals surface area contributed by atoms with Crippen molar-refractivity contribution < 1.29 is 14.3 Å². The first-order valence-electron chi connectivity index (χ1n) is 8.50. The topological polar surface area (TPSA) is 125 Å². The number of carbonyl (C=O) groups is 2. The second-order valence-corrected chi connectivity index (χ2v) is 5.46. The third kappa shape index (κ3) is 5.76. The molecule has 9 nitrogen and oxygen atoms in total. The second kappa shape index (κ2) is 10.0. The van der Waals surface area contributed by atoms with Crippen LogP contribution in [0.2, 0.25) is 0 Å². The van der Waals surface area contributed by atoms with Crippen molar-refractivity contribution in [2.24, 2.45) is 0 Å². The molecule has 0 saturated heterocycles. The first-order valence-corrected chi connectivity index (χ1v) is 8.50. The lowest BCUT2D eigenvalue weighted by molar-refractivity contribution is -0.142. The van der Waals surface area contributed by atoms with E-state index in [2.05, 4.69) is 26.1 Å². The lowest BCUT2D eigenvalue weighted by Crippen LogP contribution is -2.37. The van der Waals surface area contributed by atoms with Crippen molar-refractivity contribution in [3.8, 4) is 0 Å². The van der Waals surface area contributed by atoms with Gasteiger partial charge in [0.25, 0.3) is 5.56 Å². The highest BCUT2D eigenvalue weighted by Crippen LogP contribution is 2.16. The maximum Gasteiger partial charge on any atom is 0.314 e. The summed E-state index contributed by atoms with van der Waals surface area (Å²) < 4.78 is 4.77. The van der Waals surface area contributed by atoms with Crippen molar-refractivity contribution in [3.05, 3.63) is 34.6 Å². The number of nitrogens with zero attached hydrogens (tertiary/aromatic N) is 1. The van der Waals surface area contributed by atoms with Crippen LogP contribution in [-0.2, 0) is 9.53 Å². The smallest absolute Gasteiger partial charge is 0.314 e. The maximum atomic E-state index is 11.7. The molecule has 1 heterocycles. The third-order valence-corrected chi connectivity index (χ3v) is 3.55. The molecule has 2 rings (SSSR count). The summed E-state index contributed by atoms with van der Waals surface area (Å²) in [6.45, 7) is 3.33. The lowest BCUT2D eigenvalue weighted by atomic mass is 10.2. The highest BCUT2D eigenvalue weighted by atomic mass is 16.5. The van der Waals surface area contributed by atoms with E-state index in [0.29, 0.717) is 37.3 Å². The summed E-state index contributed by atoms with van der Waals surface area (Å²) >= 11 is 0. The van der Waals surface area contributed by atoms with Crippen molar-refractivity contribution in [1.29, 1.82) is 0 Å². The van der Waals surface area contributed by atoms with Crippen molar-refractivity contribution in [2.45, 2.75) is 19.8 Å². The van der Waals surface area contributed by atoms with Crippen LogP contribution in [0.4, 0.5) is 10.6 Å². The normalized spacial score (nSPS) is 10.3. The molecule has 0 saturated carbocycles. The number of ether oxygens (including phenoxy) is 1. The van der Waals surface area contributed by atoms with Gasteiger partial charge in [-0.25, -0.2) is 9.89 Å². The number of anilines is 1. The van der Waals surface area contributed by atoms with Gasteiger partial charge >= 0.3 is 12.0 Å². The van der Waals surface area contributed by atoms with Gasteiger partial charge < -0.3 is 20.7 Å². The van der Waals surface area contributed by atoms with Crippen LogP contribution >= 0.6 is 0 Å². The molecule has 0 unspecified atom stereocenters. The molecule has 2 amide bonds. The van der Waals surface area contributed by atoms with Gasteiger partial charge in [0, 0.05) is 25.0 Å². The number of H-pyrrole nitrogens is 1. The van der Waals surface area contributed by atoms with Gasteiger partial charge in [0.15, 0.2) is 5.82 Å². The Kier molecular flexibility index (Phi) is 7.41. The zero-order chi connectivity index (χ0) is 18.8. The Labute approximate surface area is 150 Å². The van der Waals surface area contributed by atoms with Crippen LogP contribution in [0.1, 0.15) is 19.8 Å². The Morgan fingerprint density at radius 2 is 1.85 bits per heavy atom. The highest BCUT2D eigenvalue weighted by molar-refractivity contribution is 5.90. The SMILES string of the molecule is CCOC(=O)CCNC(=O)NCCCNc1n[nH]c(=O)c2ccccc12. The number of aromatic nitrogens is 2. The van der Waals surface area contributed by atoms with E-state index in [-0.39, 0.29) is 30.5 Å². The van der Waals surface area contributed by atoms with Gasteiger partial charge in [0.05, 0.1) is 18.4 Å². The summed E-state index contributed by atoms with van der Waals surface area (Å²) in [5.41, 5.74) is -0.229. The first kappa shape index (κ1) is 19.2. The van der Waals surface area contributed by atoms with Crippen LogP contribution in [0.25, 0.3) is 10.8 Å². The fraction of sp³-hybridized carbons (Fsp3) is 0.412. The molecule has 2 aromatic rings. The number of benzene rings is 1. The van der Waals surface area contributed by atoms with Gasteiger partial charge in [-0.1, -0.05) is 18.2 Å². The minimum atomic E-state index is -0.336. The molecular formula is C17H23N5O4. The van der Waals surface area contributed by atoms with E-state index in [1.165, 1.54) is 0 Å². The molecule has 4 N–H and O–H groups in total. The summed E-state index contributed by atoms with van der Waals surface area (Å²) in [4.78, 5) is 34.4. The monoisotopic (exact) mass is 361 g/mol. The van der Waals surface area contributed by atoms with Crippen LogP contribution in [0.5, 0.6) is 0 Å². The number of hydrogen-bond acceptors (Lipinski definition) is 6. The molecule has 0 fully saturated rings. The molecule has 0 aliphatic rings. The second-order valence-electron chi connectivity index (χ2n) is 5.46.